The van der Waals surface area contributed by atoms with Gasteiger partial charge in [-0.25, -0.2) is 0 Å². The van der Waals surface area contributed by atoms with Gasteiger partial charge in [0.1, 0.15) is 0 Å². The van der Waals surface area contributed by atoms with Gasteiger partial charge in [-0.3, -0.25) is 9.69 Å². The maximum absolute atomic E-state index is 12.0. The molecule has 0 aliphatic carbocycles. The zero-order valence-electron chi connectivity index (χ0n) is 13.4. The molecule has 122 valence electrons. The van der Waals surface area contributed by atoms with Gasteiger partial charge in [0.05, 0.1) is 6.54 Å². The predicted octanol–water partition coefficient (Wildman–Crippen LogP) is 2.37. The average molecular weight is 376 g/mol. The molecular weight excluding hydrogens is 354 g/mol. The second kappa shape index (κ2) is 7.43. The van der Waals surface area contributed by atoms with E-state index >= 15 is 0 Å². The lowest BCUT2D eigenvalue weighted by Crippen LogP contribution is -2.43. The number of benzene rings is 1. The largest absolute Gasteiger partial charge is 0.314 e. The number of pyridine rings is 1. The van der Waals surface area contributed by atoms with Gasteiger partial charge in [-0.05, 0) is 41.8 Å². The smallest absolute Gasteiger partial charge is 0.250 e. The van der Waals surface area contributed by atoms with E-state index in [2.05, 4.69) is 45.2 Å². The molecule has 4 nitrogen and oxygen atoms in total. The summed E-state index contributed by atoms with van der Waals surface area (Å²) in [5.74, 6) is 0. The first-order valence-corrected chi connectivity index (χ1v) is 8.79. The first-order valence-electron chi connectivity index (χ1n) is 8.00. The van der Waals surface area contributed by atoms with Gasteiger partial charge >= 0.3 is 0 Å². The number of hydrogen-bond donors (Lipinski definition) is 1. The molecule has 0 saturated carbocycles. The summed E-state index contributed by atoms with van der Waals surface area (Å²) < 4.78 is 2.83. The van der Waals surface area contributed by atoms with Gasteiger partial charge in [0.25, 0.3) is 5.56 Å². The van der Waals surface area contributed by atoms with Gasteiger partial charge in [0, 0.05) is 49.5 Å². The first kappa shape index (κ1) is 16.4. The number of aromatic nitrogens is 1. The van der Waals surface area contributed by atoms with E-state index in [1.165, 1.54) is 16.7 Å². The van der Waals surface area contributed by atoms with Crippen molar-refractivity contribution in [2.45, 2.75) is 20.0 Å². The standard InChI is InChI=1S/C18H22BrN3O/c1-14-10-16(19)11-15(12-22-7-3-2-4-18(22)23)17(14)13-21-8-5-20-6-9-21/h2-4,7,10-11,20H,5-6,8-9,12-13H2,1H3. The van der Waals surface area contributed by atoms with Gasteiger partial charge < -0.3 is 9.88 Å². The monoisotopic (exact) mass is 375 g/mol. The van der Waals surface area contributed by atoms with Crippen LogP contribution in [0.3, 0.4) is 0 Å². The summed E-state index contributed by atoms with van der Waals surface area (Å²) in [6, 6.07) is 9.61. The highest BCUT2D eigenvalue weighted by Crippen LogP contribution is 2.23. The Labute approximate surface area is 145 Å². The quantitative estimate of drug-likeness (QED) is 0.891. The molecule has 1 N–H and O–H groups in total. The van der Waals surface area contributed by atoms with E-state index in [4.69, 9.17) is 0 Å². The molecule has 0 atom stereocenters. The van der Waals surface area contributed by atoms with Crippen LogP contribution in [-0.4, -0.2) is 35.6 Å². The van der Waals surface area contributed by atoms with E-state index in [9.17, 15) is 4.79 Å². The van der Waals surface area contributed by atoms with Crippen molar-refractivity contribution in [1.82, 2.24) is 14.8 Å². The molecule has 2 heterocycles. The summed E-state index contributed by atoms with van der Waals surface area (Å²) in [7, 11) is 0. The van der Waals surface area contributed by atoms with Crippen LogP contribution in [0.25, 0.3) is 0 Å². The molecule has 0 bridgehead atoms. The normalized spacial score (nSPS) is 15.7. The highest BCUT2D eigenvalue weighted by Gasteiger charge is 2.15. The Balaban J connectivity index is 1.91. The van der Waals surface area contributed by atoms with Crippen LogP contribution in [0.4, 0.5) is 0 Å². The fraction of sp³-hybridized carbons (Fsp3) is 0.389. The maximum Gasteiger partial charge on any atom is 0.250 e. The molecule has 23 heavy (non-hydrogen) atoms. The minimum Gasteiger partial charge on any atom is -0.314 e. The third-order valence-corrected chi connectivity index (χ3v) is 4.82. The van der Waals surface area contributed by atoms with Crippen molar-refractivity contribution >= 4 is 15.9 Å². The van der Waals surface area contributed by atoms with Crippen LogP contribution >= 0.6 is 15.9 Å². The van der Waals surface area contributed by atoms with Crippen LogP contribution in [0.15, 0.2) is 45.8 Å². The summed E-state index contributed by atoms with van der Waals surface area (Å²) in [5, 5.41) is 3.39. The highest BCUT2D eigenvalue weighted by molar-refractivity contribution is 9.10. The van der Waals surface area contributed by atoms with Crippen LogP contribution in [0.1, 0.15) is 16.7 Å². The van der Waals surface area contributed by atoms with Crippen LogP contribution in [0.5, 0.6) is 0 Å². The molecule has 0 radical (unpaired) electrons. The van der Waals surface area contributed by atoms with Crippen molar-refractivity contribution < 1.29 is 0 Å². The number of hydrogen-bond acceptors (Lipinski definition) is 3. The highest BCUT2D eigenvalue weighted by atomic mass is 79.9. The van der Waals surface area contributed by atoms with E-state index in [1.54, 1.807) is 16.7 Å². The van der Waals surface area contributed by atoms with Crippen LogP contribution < -0.4 is 10.9 Å². The van der Waals surface area contributed by atoms with Crippen LogP contribution in [0, 0.1) is 6.92 Å². The Hall–Kier alpha value is -1.43. The predicted molar refractivity (Wildman–Crippen MR) is 96.8 cm³/mol. The zero-order chi connectivity index (χ0) is 16.2. The van der Waals surface area contributed by atoms with E-state index in [-0.39, 0.29) is 5.56 Å². The molecule has 1 fully saturated rings. The van der Waals surface area contributed by atoms with Crippen molar-refractivity contribution in [1.29, 1.82) is 0 Å². The summed E-state index contributed by atoms with van der Waals surface area (Å²) in [4.78, 5) is 14.5. The Bertz CT molecular complexity index is 735. The minimum atomic E-state index is 0.0400. The Kier molecular flexibility index (Phi) is 5.30. The summed E-state index contributed by atoms with van der Waals surface area (Å²) in [6.07, 6.45) is 1.85. The molecule has 1 aromatic carbocycles. The number of aryl methyl sites for hydroxylation is 1. The van der Waals surface area contributed by atoms with E-state index in [1.807, 2.05) is 12.3 Å². The molecule has 1 saturated heterocycles. The second-order valence-electron chi connectivity index (χ2n) is 6.05. The molecule has 1 aliphatic rings. The molecule has 0 spiro atoms. The molecular formula is C18H22BrN3O. The zero-order valence-corrected chi connectivity index (χ0v) is 15.0. The van der Waals surface area contributed by atoms with Crippen molar-refractivity contribution in [2.24, 2.45) is 0 Å². The third-order valence-electron chi connectivity index (χ3n) is 4.36. The van der Waals surface area contributed by atoms with Crippen LogP contribution in [0.2, 0.25) is 0 Å². The molecule has 3 rings (SSSR count). The van der Waals surface area contributed by atoms with E-state index in [0.29, 0.717) is 6.54 Å². The van der Waals surface area contributed by atoms with Crippen molar-refractivity contribution in [2.75, 3.05) is 26.2 Å². The average Bonchev–Trinajstić information content (AvgIpc) is 2.54. The lowest BCUT2D eigenvalue weighted by Gasteiger charge is -2.29. The molecule has 0 unspecified atom stereocenters. The number of nitrogens with zero attached hydrogens (tertiary/aromatic N) is 2. The van der Waals surface area contributed by atoms with Gasteiger partial charge in [-0.2, -0.15) is 0 Å². The van der Waals surface area contributed by atoms with Crippen LogP contribution in [-0.2, 0) is 13.1 Å². The molecule has 5 heteroatoms. The molecule has 0 amide bonds. The fourth-order valence-corrected chi connectivity index (χ4v) is 3.70. The summed E-state index contributed by atoms with van der Waals surface area (Å²) in [5.41, 5.74) is 3.87. The Morgan fingerprint density at radius 3 is 2.70 bits per heavy atom. The molecule has 1 aliphatic heterocycles. The lowest BCUT2D eigenvalue weighted by molar-refractivity contribution is 0.232. The van der Waals surface area contributed by atoms with Crippen molar-refractivity contribution in [3.63, 3.8) is 0 Å². The molecule has 1 aromatic heterocycles. The van der Waals surface area contributed by atoms with Gasteiger partial charge in [0.15, 0.2) is 0 Å². The number of nitrogens with one attached hydrogen (secondary N) is 1. The van der Waals surface area contributed by atoms with Crippen molar-refractivity contribution in [3.8, 4) is 0 Å². The fourth-order valence-electron chi connectivity index (χ4n) is 3.08. The third kappa shape index (κ3) is 4.10. The van der Waals surface area contributed by atoms with Crippen molar-refractivity contribution in [3.05, 3.63) is 68.0 Å². The maximum atomic E-state index is 12.0. The topological polar surface area (TPSA) is 37.3 Å². The minimum absolute atomic E-state index is 0.0400. The summed E-state index contributed by atoms with van der Waals surface area (Å²) >= 11 is 3.59. The number of halogens is 1. The number of rotatable bonds is 4. The number of piperazine rings is 1. The summed E-state index contributed by atoms with van der Waals surface area (Å²) in [6.45, 7) is 7.94. The van der Waals surface area contributed by atoms with Gasteiger partial charge in [-0.1, -0.05) is 22.0 Å². The van der Waals surface area contributed by atoms with E-state index in [0.717, 1.165) is 37.2 Å². The molecule has 2 aromatic rings. The Morgan fingerprint density at radius 1 is 1.17 bits per heavy atom. The lowest BCUT2D eigenvalue weighted by atomic mass is 10.0. The van der Waals surface area contributed by atoms with E-state index < -0.39 is 0 Å². The first-order chi connectivity index (χ1) is 11.1. The van der Waals surface area contributed by atoms with Gasteiger partial charge in [-0.15, -0.1) is 0 Å². The SMILES string of the molecule is Cc1cc(Br)cc(Cn2ccccc2=O)c1CN1CCNCC1. The Morgan fingerprint density at radius 2 is 1.96 bits per heavy atom. The second-order valence-corrected chi connectivity index (χ2v) is 6.97. The van der Waals surface area contributed by atoms with Gasteiger partial charge in [0.2, 0.25) is 0 Å².